The van der Waals surface area contributed by atoms with Crippen molar-refractivity contribution < 1.29 is 0 Å². The SMILES string of the molecule is CC1CCCC(C=CCNC(C)C)C1. The number of rotatable bonds is 4. The lowest BCUT2D eigenvalue weighted by Gasteiger charge is -2.24. The van der Waals surface area contributed by atoms with Gasteiger partial charge in [0.2, 0.25) is 0 Å². The van der Waals surface area contributed by atoms with Gasteiger partial charge in [-0.05, 0) is 24.7 Å². The van der Waals surface area contributed by atoms with Crippen LogP contribution in [-0.2, 0) is 0 Å². The zero-order valence-electron chi connectivity index (χ0n) is 9.92. The highest BCUT2D eigenvalue weighted by atomic mass is 14.9. The maximum atomic E-state index is 3.41. The highest BCUT2D eigenvalue weighted by Crippen LogP contribution is 2.29. The van der Waals surface area contributed by atoms with Crippen LogP contribution in [0.15, 0.2) is 12.2 Å². The van der Waals surface area contributed by atoms with Gasteiger partial charge in [0, 0.05) is 12.6 Å². The Balaban J connectivity index is 2.15. The van der Waals surface area contributed by atoms with Gasteiger partial charge in [0.15, 0.2) is 0 Å². The molecule has 0 aromatic heterocycles. The van der Waals surface area contributed by atoms with E-state index >= 15 is 0 Å². The molecular weight excluding hydrogens is 170 g/mol. The van der Waals surface area contributed by atoms with Gasteiger partial charge in [-0.1, -0.05) is 45.8 Å². The van der Waals surface area contributed by atoms with E-state index in [1.54, 1.807) is 0 Å². The van der Waals surface area contributed by atoms with Crippen molar-refractivity contribution in [3.05, 3.63) is 12.2 Å². The zero-order chi connectivity index (χ0) is 10.4. The van der Waals surface area contributed by atoms with E-state index in [2.05, 4.69) is 38.2 Å². The molecule has 1 saturated carbocycles. The molecule has 82 valence electrons. The number of hydrogen-bond donors (Lipinski definition) is 1. The first-order chi connectivity index (χ1) is 6.68. The fourth-order valence-corrected chi connectivity index (χ4v) is 2.22. The highest BCUT2D eigenvalue weighted by molar-refractivity contribution is 4.92. The molecule has 1 N–H and O–H groups in total. The minimum absolute atomic E-state index is 0.602. The van der Waals surface area contributed by atoms with Crippen molar-refractivity contribution in [1.82, 2.24) is 5.32 Å². The monoisotopic (exact) mass is 195 g/mol. The van der Waals surface area contributed by atoms with E-state index < -0.39 is 0 Å². The summed E-state index contributed by atoms with van der Waals surface area (Å²) in [6.45, 7) is 7.79. The van der Waals surface area contributed by atoms with Gasteiger partial charge in [-0.2, -0.15) is 0 Å². The molecule has 1 heteroatoms. The third-order valence-corrected chi connectivity index (χ3v) is 3.03. The lowest BCUT2D eigenvalue weighted by Crippen LogP contribution is -2.22. The molecule has 0 aromatic rings. The smallest absolute Gasteiger partial charge is 0.0137 e. The maximum absolute atomic E-state index is 3.41. The molecule has 1 rings (SSSR count). The minimum atomic E-state index is 0.602. The summed E-state index contributed by atoms with van der Waals surface area (Å²) >= 11 is 0. The molecule has 0 bridgehead atoms. The Hall–Kier alpha value is -0.300. The van der Waals surface area contributed by atoms with Crippen LogP contribution in [0.4, 0.5) is 0 Å². The summed E-state index contributed by atoms with van der Waals surface area (Å²) in [5, 5.41) is 3.41. The molecule has 0 aliphatic heterocycles. The quantitative estimate of drug-likeness (QED) is 0.678. The topological polar surface area (TPSA) is 12.0 Å². The maximum Gasteiger partial charge on any atom is 0.0137 e. The molecule has 1 aliphatic carbocycles. The first-order valence-electron chi connectivity index (χ1n) is 6.08. The van der Waals surface area contributed by atoms with Gasteiger partial charge in [0.25, 0.3) is 0 Å². The predicted molar refractivity (Wildman–Crippen MR) is 63.4 cm³/mol. The molecule has 0 aromatic carbocycles. The van der Waals surface area contributed by atoms with Crippen LogP contribution >= 0.6 is 0 Å². The third kappa shape index (κ3) is 4.80. The van der Waals surface area contributed by atoms with Crippen LogP contribution in [0.25, 0.3) is 0 Å². The second kappa shape index (κ2) is 6.23. The van der Waals surface area contributed by atoms with Crippen molar-refractivity contribution in [2.75, 3.05) is 6.54 Å². The first-order valence-corrected chi connectivity index (χ1v) is 6.08. The summed E-state index contributed by atoms with van der Waals surface area (Å²) in [5.74, 6) is 1.80. The molecular formula is C13H25N. The van der Waals surface area contributed by atoms with Crippen LogP contribution in [-0.4, -0.2) is 12.6 Å². The van der Waals surface area contributed by atoms with E-state index in [0.717, 1.165) is 18.4 Å². The number of nitrogens with one attached hydrogen (secondary N) is 1. The number of hydrogen-bond acceptors (Lipinski definition) is 1. The van der Waals surface area contributed by atoms with Crippen LogP contribution in [0, 0.1) is 11.8 Å². The average Bonchev–Trinajstić information content (AvgIpc) is 2.12. The summed E-state index contributed by atoms with van der Waals surface area (Å²) in [5.41, 5.74) is 0. The van der Waals surface area contributed by atoms with E-state index in [1.807, 2.05) is 0 Å². The molecule has 0 heterocycles. The van der Waals surface area contributed by atoms with Crippen LogP contribution in [0.2, 0.25) is 0 Å². The Morgan fingerprint density at radius 3 is 2.79 bits per heavy atom. The molecule has 2 atom stereocenters. The zero-order valence-corrected chi connectivity index (χ0v) is 9.92. The van der Waals surface area contributed by atoms with Gasteiger partial charge in [0.05, 0.1) is 0 Å². The Morgan fingerprint density at radius 1 is 1.36 bits per heavy atom. The summed E-state index contributed by atoms with van der Waals surface area (Å²) in [7, 11) is 0. The first kappa shape index (κ1) is 11.8. The fraction of sp³-hybridized carbons (Fsp3) is 0.846. The van der Waals surface area contributed by atoms with Gasteiger partial charge in [-0.3, -0.25) is 0 Å². The lowest BCUT2D eigenvalue weighted by atomic mass is 9.82. The van der Waals surface area contributed by atoms with Crippen molar-refractivity contribution in [3.8, 4) is 0 Å². The van der Waals surface area contributed by atoms with E-state index in [0.29, 0.717) is 6.04 Å². The van der Waals surface area contributed by atoms with Crippen molar-refractivity contribution in [2.45, 2.75) is 52.5 Å². The summed E-state index contributed by atoms with van der Waals surface area (Å²) in [4.78, 5) is 0. The Bertz CT molecular complexity index is 172. The molecule has 2 unspecified atom stereocenters. The second-order valence-electron chi connectivity index (χ2n) is 5.02. The predicted octanol–water partition coefficient (Wildman–Crippen LogP) is 3.37. The third-order valence-electron chi connectivity index (χ3n) is 3.03. The van der Waals surface area contributed by atoms with E-state index in [4.69, 9.17) is 0 Å². The molecule has 0 amide bonds. The Morgan fingerprint density at radius 2 is 2.14 bits per heavy atom. The molecule has 1 aliphatic rings. The molecule has 0 radical (unpaired) electrons. The van der Waals surface area contributed by atoms with E-state index in [1.165, 1.54) is 25.7 Å². The highest BCUT2D eigenvalue weighted by Gasteiger charge is 2.15. The number of allylic oxidation sites excluding steroid dienone is 1. The summed E-state index contributed by atoms with van der Waals surface area (Å²) in [6, 6.07) is 0.602. The largest absolute Gasteiger partial charge is 0.311 e. The summed E-state index contributed by atoms with van der Waals surface area (Å²) < 4.78 is 0. The van der Waals surface area contributed by atoms with Crippen LogP contribution in [0.1, 0.15) is 46.5 Å². The lowest BCUT2D eigenvalue weighted by molar-refractivity contribution is 0.325. The van der Waals surface area contributed by atoms with E-state index in [9.17, 15) is 0 Å². The fourth-order valence-electron chi connectivity index (χ4n) is 2.22. The van der Waals surface area contributed by atoms with Gasteiger partial charge in [0.1, 0.15) is 0 Å². The standard InChI is InChI=1S/C13H25N/c1-11(2)14-9-5-8-13-7-4-6-12(3)10-13/h5,8,11-14H,4,6-7,9-10H2,1-3H3. The van der Waals surface area contributed by atoms with Crippen LogP contribution < -0.4 is 5.32 Å². The molecule has 0 saturated heterocycles. The van der Waals surface area contributed by atoms with Crippen LogP contribution in [0.5, 0.6) is 0 Å². The second-order valence-corrected chi connectivity index (χ2v) is 5.02. The molecule has 1 fully saturated rings. The Labute approximate surface area is 89.0 Å². The van der Waals surface area contributed by atoms with Crippen LogP contribution in [0.3, 0.4) is 0 Å². The normalized spacial score (nSPS) is 28.9. The molecule has 1 nitrogen and oxygen atoms in total. The van der Waals surface area contributed by atoms with Crippen molar-refractivity contribution in [2.24, 2.45) is 11.8 Å². The molecule has 14 heavy (non-hydrogen) atoms. The van der Waals surface area contributed by atoms with Gasteiger partial charge in [-0.15, -0.1) is 0 Å². The van der Waals surface area contributed by atoms with Crippen molar-refractivity contribution in [3.63, 3.8) is 0 Å². The van der Waals surface area contributed by atoms with E-state index in [-0.39, 0.29) is 0 Å². The van der Waals surface area contributed by atoms with Crippen molar-refractivity contribution >= 4 is 0 Å². The average molecular weight is 195 g/mol. The Kier molecular flexibility index (Phi) is 5.24. The van der Waals surface area contributed by atoms with Gasteiger partial charge < -0.3 is 5.32 Å². The molecule has 0 spiro atoms. The van der Waals surface area contributed by atoms with Gasteiger partial charge in [-0.25, -0.2) is 0 Å². The van der Waals surface area contributed by atoms with Crippen molar-refractivity contribution in [1.29, 1.82) is 0 Å². The summed E-state index contributed by atoms with van der Waals surface area (Å²) in [6.07, 6.45) is 10.4. The minimum Gasteiger partial charge on any atom is -0.311 e. The van der Waals surface area contributed by atoms with Gasteiger partial charge >= 0.3 is 0 Å².